The molecule has 0 bridgehead atoms. The Morgan fingerprint density at radius 1 is 1.13 bits per heavy atom. The molecule has 0 saturated carbocycles. The lowest BCUT2D eigenvalue weighted by Crippen LogP contribution is -2.42. The molecular formula is C17H26N6. The topological polar surface area (TPSA) is 49.6 Å². The molecule has 0 aromatic carbocycles. The van der Waals surface area contributed by atoms with Gasteiger partial charge in [0.2, 0.25) is 5.65 Å². The van der Waals surface area contributed by atoms with E-state index in [1.54, 1.807) is 10.8 Å². The third kappa shape index (κ3) is 3.17. The molecule has 1 unspecified atom stereocenters. The smallest absolute Gasteiger partial charge is 0.200 e. The maximum absolute atomic E-state index is 4.46. The summed E-state index contributed by atoms with van der Waals surface area (Å²) in [6.07, 6.45) is 8.47. The van der Waals surface area contributed by atoms with E-state index in [2.05, 4.69) is 31.2 Å². The maximum Gasteiger partial charge on any atom is 0.200 e. The van der Waals surface area contributed by atoms with Crippen molar-refractivity contribution >= 4 is 11.3 Å². The van der Waals surface area contributed by atoms with Crippen LogP contribution in [0.2, 0.25) is 0 Å². The molecule has 2 aromatic rings. The van der Waals surface area contributed by atoms with Crippen LogP contribution in [-0.2, 0) is 0 Å². The van der Waals surface area contributed by atoms with E-state index in [9.17, 15) is 0 Å². The van der Waals surface area contributed by atoms with E-state index in [1.807, 2.05) is 6.92 Å². The molecular weight excluding hydrogens is 288 g/mol. The van der Waals surface area contributed by atoms with Crippen LogP contribution in [0.3, 0.4) is 0 Å². The standard InChI is InChI=1S/C17H26N6/c1-14-10-16(17-19-18-13-23(17)20-14)22-9-5-6-15(12-22)11-21-7-3-2-4-8-21/h10,13,15H,2-9,11-12H2,1H3. The summed E-state index contributed by atoms with van der Waals surface area (Å²) >= 11 is 0. The highest BCUT2D eigenvalue weighted by atomic mass is 15.4. The highest BCUT2D eigenvalue weighted by molar-refractivity contribution is 5.68. The number of aromatic nitrogens is 4. The van der Waals surface area contributed by atoms with Crippen LogP contribution in [0.5, 0.6) is 0 Å². The van der Waals surface area contributed by atoms with Gasteiger partial charge >= 0.3 is 0 Å². The number of fused-ring (bicyclic) bond motifs is 1. The molecule has 4 rings (SSSR count). The van der Waals surface area contributed by atoms with Crippen molar-refractivity contribution in [3.05, 3.63) is 18.1 Å². The molecule has 0 radical (unpaired) electrons. The van der Waals surface area contributed by atoms with Crippen molar-refractivity contribution < 1.29 is 0 Å². The molecule has 23 heavy (non-hydrogen) atoms. The van der Waals surface area contributed by atoms with Crippen molar-refractivity contribution in [2.24, 2.45) is 5.92 Å². The molecule has 0 N–H and O–H groups in total. The van der Waals surface area contributed by atoms with Crippen molar-refractivity contribution in [2.45, 2.75) is 39.0 Å². The quantitative estimate of drug-likeness (QED) is 0.869. The first kappa shape index (κ1) is 14.9. The monoisotopic (exact) mass is 314 g/mol. The largest absolute Gasteiger partial charge is 0.368 e. The molecule has 0 amide bonds. The summed E-state index contributed by atoms with van der Waals surface area (Å²) in [6, 6.07) is 2.16. The van der Waals surface area contributed by atoms with Gasteiger partial charge in [0.25, 0.3) is 0 Å². The van der Waals surface area contributed by atoms with E-state index < -0.39 is 0 Å². The van der Waals surface area contributed by atoms with E-state index in [-0.39, 0.29) is 0 Å². The number of rotatable bonds is 3. The molecule has 124 valence electrons. The zero-order valence-electron chi connectivity index (χ0n) is 14.0. The number of hydrogen-bond donors (Lipinski definition) is 0. The highest BCUT2D eigenvalue weighted by Gasteiger charge is 2.25. The van der Waals surface area contributed by atoms with E-state index in [0.717, 1.165) is 30.3 Å². The van der Waals surface area contributed by atoms with Crippen molar-refractivity contribution in [1.82, 2.24) is 24.7 Å². The fourth-order valence-corrected chi connectivity index (χ4v) is 4.11. The first-order valence-electron chi connectivity index (χ1n) is 8.94. The van der Waals surface area contributed by atoms with E-state index in [4.69, 9.17) is 0 Å². The van der Waals surface area contributed by atoms with E-state index in [0.29, 0.717) is 0 Å². The predicted molar refractivity (Wildman–Crippen MR) is 90.7 cm³/mol. The molecule has 2 aliphatic rings. The van der Waals surface area contributed by atoms with Gasteiger partial charge in [0.05, 0.1) is 11.4 Å². The fraction of sp³-hybridized carbons (Fsp3) is 0.706. The number of piperidine rings is 2. The maximum atomic E-state index is 4.46. The molecule has 0 spiro atoms. The van der Waals surface area contributed by atoms with Crippen molar-refractivity contribution in [2.75, 3.05) is 37.6 Å². The first-order valence-corrected chi connectivity index (χ1v) is 8.94. The fourth-order valence-electron chi connectivity index (χ4n) is 4.11. The second-order valence-electron chi connectivity index (χ2n) is 7.09. The second kappa shape index (κ2) is 6.43. The van der Waals surface area contributed by atoms with Gasteiger partial charge in [-0.15, -0.1) is 10.2 Å². The summed E-state index contributed by atoms with van der Waals surface area (Å²) in [5, 5.41) is 12.8. The lowest BCUT2D eigenvalue weighted by Gasteiger charge is -2.37. The van der Waals surface area contributed by atoms with Crippen LogP contribution in [0, 0.1) is 12.8 Å². The van der Waals surface area contributed by atoms with E-state index >= 15 is 0 Å². The number of hydrogen-bond acceptors (Lipinski definition) is 5. The van der Waals surface area contributed by atoms with Gasteiger partial charge in [0.1, 0.15) is 6.33 Å². The first-order chi connectivity index (χ1) is 11.3. The minimum Gasteiger partial charge on any atom is -0.368 e. The SMILES string of the molecule is Cc1cc(N2CCCC(CN3CCCCC3)C2)c2nncn2n1. The average Bonchev–Trinajstić information content (AvgIpc) is 3.03. The van der Waals surface area contributed by atoms with Crippen LogP contribution in [0.1, 0.15) is 37.8 Å². The van der Waals surface area contributed by atoms with Crippen LogP contribution in [-0.4, -0.2) is 57.4 Å². The number of likely N-dealkylation sites (tertiary alicyclic amines) is 1. The second-order valence-corrected chi connectivity index (χ2v) is 7.09. The van der Waals surface area contributed by atoms with Crippen LogP contribution in [0.15, 0.2) is 12.4 Å². The number of aryl methyl sites for hydroxylation is 1. The molecule has 6 heteroatoms. The summed E-state index contributed by atoms with van der Waals surface area (Å²) in [5.41, 5.74) is 3.10. The van der Waals surface area contributed by atoms with Crippen molar-refractivity contribution in [3.63, 3.8) is 0 Å². The zero-order chi connectivity index (χ0) is 15.6. The number of anilines is 1. The third-order valence-corrected chi connectivity index (χ3v) is 5.20. The van der Waals surface area contributed by atoms with Gasteiger partial charge in [-0.25, -0.2) is 0 Å². The summed E-state index contributed by atoms with van der Waals surface area (Å²) in [4.78, 5) is 5.17. The average molecular weight is 314 g/mol. The van der Waals surface area contributed by atoms with Crippen LogP contribution in [0.25, 0.3) is 5.65 Å². The molecule has 2 aromatic heterocycles. The summed E-state index contributed by atoms with van der Waals surface area (Å²) in [5.74, 6) is 0.762. The van der Waals surface area contributed by atoms with Gasteiger partial charge in [-0.3, -0.25) is 0 Å². The van der Waals surface area contributed by atoms with Crippen molar-refractivity contribution in [3.8, 4) is 0 Å². The molecule has 1 atom stereocenters. The molecule has 6 nitrogen and oxygen atoms in total. The number of nitrogens with zero attached hydrogens (tertiary/aromatic N) is 6. The Hall–Kier alpha value is -1.69. The Morgan fingerprint density at radius 2 is 2.00 bits per heavy atom. The highest BCUT2D eigenvalue weighted by Crippen LogP contribution is 2.27. The zero-order valence-corrected chi connectivity index (χ0v) is 14.0. The van der Waals surface area contributed by atoms with Gasteiger partial charge in [0, 0.05) is 19.6 Å². The summed E-state index contributed by atoms with van der Waals surface area (Å²) in [7, 11) is 0. The van der Waals surface area contributed by atoms with Crippen molar-refractivity contribution in [1.29, 1.82) is 0 Å². The normalized spacial score (nSPS) is 23.5. The van der Waals surface area contributed by atoms with Gasteiger partial charge in [-0.2, -0.15) is 9.61 Å². The predicted octanol–water partition coefficient (Wildman–Crippen LogP) is 2.14. The Balaban J connectivity index is 1.50. The molecule has 4 heterocycles. The van der Waals surface area contributed by atoms with Gasteiger partial charge in [-0.05, 0) is 57.7 Å². The molecule has 2 fully saturated rings. The lowest BCUT2D eigenvalue weighted by molar-refractivity contribution is 0.185. The van der Waals surface area contributed by atoms with Crippen LogP contribution in [0.4, 0.5) is 5.69 Å². The van der Waals surface area contributed by atoms with Gasteiger partial charge in [-0.1, -0.05) is 6.42 Å². The van der Waals surface area contributed by atoms with Crippen LogP contribution < -0.4 is 4.90 Å². The van der Waals surface area contributed by atoms with E-state index in [1.165, 1.54) is 57.4 Å². The minimum absolute atomic E-state index is 0.762. The summed E-state index contributed by atoms with van der Waals surface area (Å²) < 4.78 is 1.80. The Morgan fingerprint density at radius 3 is 2.87 bits per heavy atom. The molecule has 0 aliphatic carbocycles. The summed E-state index contributed by atoms with van der Waals surface area (Å²) in [6.45, 7) is 8.12. The van der Waals surface area contributed by atoms with Crippen LogP contribution >= 0.6 is 0 Å². The third-order valence-electron chi connectivity index (χ3n) is 5.20. The minimum atomic E-state index is 0.762. The lowest BCUT2D eigenvalue weighted by atomic mass is 9.96. The Labute approximate surface area is 137 Å². The van der Waals surface area contributed by atoms with Gasteiger partial charge in [0.15, 0.2) is 0 Å². The molecule has 2 saturated heterocycles. The van der Waals surface area contributed by atoms with Gasteiger partial charge < -0.3 is 9.80 Å². The molecule has 2 aliphatic heterocycles. The Bertz CT molecular complexity index is 660. The Kier molecular flexibility index (Phi) is 4.16.